The second-order valence-corrected chi connectivity index (χ2v) is 4.63. The van der Waals surface area contributed by atoms with Crippen molar-refractivity contribution in [2.75, 3.05) is 31.7 Å². The van der Waals surface area contributed by atoms with E-state index in [1.54, 1.807) is 14.0 Å². The summed E-state index contributed by atoms with van der Waals surface area (Å²) >= 11 is 0. The summed E-state index contributed by atoms with van der Waals surface area (Å²) in [5.41, 5.74) is 1.73. The van der Waals surface area contributed by atoms with Crippen molar-refractivity contribution < 1.29 is 14.9 Å². The van der Waals surface area contributed by atoms with Crippen molar-refractivity contribution in [3.8, 4) is 5.75 Å². The van der Waals surface area contributed by atoms with Crippen LogP contribution in [0.15, 0.2) is 18.2 Å². The summed E-state index contributed by atoms with van der Waals surface area (Å²) in [6, 6.07) is 5.73. The van der Waals surface area contributed by atoms with Gasteiger partial charge in [-0.2, -0.15) is 0 Å². The van der Waals surface area contributed by atoms with Gasteiger partial charge in [0.1, 0.15) is 5.75 Å². The standard InChI is InChI=1S/C15H25NO3/c1-4-5-9-16(10-11-17)13-7-6-8-14(19-3)15(13)12(2)18/h6-8,12,17-18H,4-5,9-11H2,1-3H3/t12-/m0/s1. The van der Waals surface area contributed by atoms with Crippen LogP contribution >= 0.6 is 0 Å². The molecule has 108 valence electrons. The van der Waals surface area contributed by atoms with Crippen molar-refractivity contribution in [3.05, 3.63) is 23.8 Å². The van der Waals surface area contributed by atoms with Gasteiger partial charge in [0, 0.05) is 24.3 Å². The van der Waals surface area contributed by atoms with Gasteiger partial charge in [0.15, 0.2) is 0 Å². The van der Waals surface area contributed by atoms with Gasteiger partial charge < -0.3 is 19.8 Å². The molecule has 0 amide bonds. The molecule has 0 radical (unpaired) electrons. The maximum atomic E-state index is 9.99. The Morgan fingerprint density at radius 2 is 2.05 bits per heavy atom. The number of benzene rings is 1. The van der Waals surface area contributed by atoms with Crippen LogP contribution < -0.4 is 9.64 Å². The summed E-state index contributed by atoms with van der Waals surface area (Å²) in [6.45, 7) is 5.40. The van der Waals surface area contributed by atoms with Gasteiger partial charge >= 0.3 is 0 Å². The van der Waals surface area contributed by atoms with Crippen LogP contribution in [0.2, 0.25) is 0 Å². The van der Waals surface area contributed by atoms with Crippen molar-refractivity contribution in [1.29, 1.82) is 0 Å². The molecule has 0 aliphatic rings. The summed E-state index contributed by atoms with van der Waals surface area (Å²) in [5.74, 6) is 0.687. The normalized spacial score (nSPS) is 12.3. The molecular formula is C15H25NO3. The zero-order valence-electron chi connectivity index (χ0n) is 12.1. The van der Waals surface area contributed by atoms with E-state index in [-0.39, 0.29) is 6.61 Å². The number of hydrogen-bond donors (Lipinski definition) is 2. The summed E-state index contributed by atoms with van der Waals surface area (Å²) < 4.78 is 5.33. The molecule has 0 fully saturated rings. The number of nitrogens with zero attached hydrogens (tertiary/aromatic N) is 1. The van der Waals surface area contributed by atoms with Crippen molar-refractivity contribution in [3.63, 3.8) is 0 Å². The Morgan fingerprint density at radius 1 is 1.32 bits per heavy atom. The molecule has 1 aromatic carbocycles. The van der Waals surface area contributed by atoms with E-state index in [0.29, 0.717) is 12.3 Å². The first kappa shape index (κ1) is 15.8. The number of aliphatic hydroxyl groups is 2. The maximum absolute atomic E-state index is 9.99. The summed E-state index contributed by atoms with van der Waals surface area (Å²) in [6.07, 6.45) is 1.54. The van der Waals surface area contributed by atoms with Gasteiger partial charge in [-0.05, 0) is 25.5 Å². The Balaban J connectivity index is 3.13. The molecule has 0 unspecified atom stereocenters. The number of rotatable bonds is 8. The molecule has 4 nitrogen and oxygen atoms in total. The zero-order chi connectivity index (χ0) is 14.3. The Labute approximate surface area is 115 Å². The van der Waals surface area contributed by atoms with E-state index in [2.05, 4.69) is 11.8 Å². The molecule has 1 rings (SSSR count). The van der Waals surface area contributed by atoms with Crippen molar-refractivity contribution in [2.24, 2.45) is 0 Å². The SMILES string of the molecule is CCCCN(CCO)c1cccc(OC)c1[C@H](C)O. The predicted molar refractivity (Wildman–Crippen MR) is 77.8 cm³/mol. The molecule has 2 N–H and O–H groups in total. The van der Waals surface area contributed by atoms with Crippen molar-refractivity contribution >= 4 is 5.69 Å². The molecule has 1 atom stereocenters. The lowest BCUT2D eigenvalue weighted by molar-refractivity contribution is 0.194. The Morgan fingerprint density at radius 3 is 2.58 bits per heavy atom. The van der Waals surface area contributed by atoms with Crippen LogP contribution in [0.3, 0.4) is 0 Å². The lowest BCUT2D eigenvalue weighted by atomic mass is 10.1. The minimum Gasteiger partial charge on any atom is -0.496 e. The van der Waals surface area contributed by atoms with E-state index >= 15 is 0 Å². The van der Waals surface area contributed by atoms with E-state index < -0.39 is 6.10 Å². The van der Waals surface area contributed by atoms with Crippen LogP contribution in [0.4, 0.5) is 5.69 Å². The fourth-order valence-corrected chi connectivity index (χ4v) is 2.23. The molecule has 0 bridgehead atoms. The minimum atomic E-state index is -0.603. The van der Waals surface area contributed by atoms with Gasteiger partial charge in [-0.3, -0.25) is 0 Å². The third-order valence-electron chi connectivity index (χ3n) is 3.17. The van der Waals surface area contributed by atoms with Crippen LogP contribution in [-0.2, 0) is 0 Å². The van der Waals surface area contributed by atoms with E-state index in [1.807, 2.05) is 18.2 Å². The first-order valence-corrected chi connectivity index (χ1v) is 6.86. The maximum Gasteiger partial charge on any atom is 0.126 e. The van der Waals surface area contributed by atoms with Crippen molar-refractivity contribution in [2.45, 2.75) is 32.8 Å². The van der Waals surface area contributed by atoms with Crippen LogP contribution in [0, 0.1) is 0 Å². The smallest absolute Gasteiger partial charge is 0.126 e. The molecule has 0 aliphatic carbocycles. The zero-order valence-corrected chi connectivity index (χ0v) is 12.1. The van der Waals surface area contributed by atoms with E-state index in [9.17, 15) is 10.2 Å². The fraction of sp³-hybridized carbons (Fsp3) is 0.600. The quantitative estimate of drug-likeness (QED) is 0.759. The van der Waals surface area contributed by atoms with E-state index in [1.165, 1.54) is 0 Å². The third-order valence-corrected chi connectivity index (χ3v) is 3.17. The van der Waals surface area contributed by atoms with E-state index in [4.69, 9.17) is 4.74 Å². The number of hydrogen-bond acceptors (Lipinski definition) is 4. The Kier molecular flexibility index (Phi) is 6.67. The molecule has 19 heavy (non-hydrogen) atoms. The molecule has 0 spiro atoms. The monoisotopic (exact) mass is 267 g/mol. The molecule has 0 aromatic heterocycles. The average molecular weight is 267 g/mol. The molecular weight excluding hydrogens is 242 g/mol. The van der Waals surface area contributed by atoms with Gasteiger partial charge in [0.25, 0.3) is 0 Å². The molecule has 0 saturated heterocycles. The first-order valence-electron chi connectivity index (χ1n) is 6.86. The topological polar surface area (TPSA) is 52.9 Å². The summed E-state index contributed by atoms with van der Waals surface area (Å²) in [4.78, 5) is 2.11. The van der Waals surface area contributed by atoms with E-state index in [0.717, 1.165) is 30.6 Å². The van der Waals surface area contributed by atoms with Gasteiger partial charge in [-0.25, -0.2) is 0 Å². The highest BCUT2D eigenvalue weighted by atomic mass is 16.5. The van der Waals surface area contributed by atoms with Crippen LogP contribution in [0.25, 0.3) is 0 Å². The van der Waals surface area contributed by atoms with Crippen molar-refractivity contribution in [1.82, 2.24) is 0 Å². The summed E-state index contributed by atoms with van der Waals surface area (Å²) in [5, 5.41) is 19.2. The largest absolute Gasteiger partial charge is 0.496 e. The predicted octanol–water partition coefficient (Wildman–Crippen LogP) is 2.35. The number of ether oxygens (including phenoxy) is 1. The third kappa shape index (κ3) is 4.11. The van der Waals surface area contributed by atoms with Gasteiger partial charge in [-0.1, -0.05) is 19.4 Å². The lowest BCUT2D eigenvalue weighted by Gasteiger charge is -2.28. The van der Waals surface area contributed by atoms with Gasteiger partial charge in [0.2, 0.25) is 0 Å². The molecule has 4 heteroatoms. The highest BCUT2D eigenvalue weighted by Crippen LogP contribution is 2.34. The fourth-order valence-electron chi connectivity index (χ4n) is 2.23. The average Bonchev–Trinajstić information content (AvgIpc) is 2.42. The number of methoxy groups -OCH3 is 1. The first-order chi connectivity index (χ1) is 9.15. The van der Waals surface area contributed by atoms with Crippen LogP contribution in [0.5, 0.6) is 5.75 Å². The number of unbranched alkanes of at least 4 members (excludes halogenated alkanes) is 1. The minimum absolute atomic E-state index is 0.0974. The molecule has 1 aromatic rings. The lowest BCUT2D eigenvalue weighted by Crippen LogP contribution is -2.29. The highest BCUT2D eigenvalue weighted by Gasteiger charge is 2.18. The number of aliphatic hydroxyl groups excluding tert-OH is 2. The molecule has 0 heterocycles. The van der Waals surface area contributed by atoms with Crippen LogP contribution in [0.1, 0.15) is 38.4 Å². The molecule has 0 aliphatic heterocycles. The number of anilines is 1. The summed E-state index contributed by atoms with van der Waals surface area (Å²) in [7, 11) is 1.60. The van der Waals surface area contributed by atoms with Gasteiger partial charge in [0.05, 0.1) is 19.8 Å². The Hall–Kier alpha value is -1.26. The molecule has 0 saturated carbocycles. The highest BCUT2D eigenvalue weighted by molar-refractivity contribution is 5.60. The van der Waals surface area contributed by atoms with Gasteiger partial charge in [-0.15, -0.1) is 0 Å². The Bertz CT molecular complexity index is 380. The van der Waals surface area contributed by atoms with Crippen LogP contribution in [-0.4, -0.2) is 37.0 Å². The second-order valence-electron chi connectivity index (χ2n) is 4.63. The second kappa shape index (κ2) is 8.02.